The molecule has 2 aromatic rings. The molecule has 0 radical (unpaired) electrons. The van der Waals surface area contributed by atoms with Gasteiger partial charge in [0.1, 0.15) is 0 Å². The van der Waals surface area contributed by atoms with Crippen LogP contribution in [0.3, 0.4) is 0 Å². The molecule has 0 amide bonds. The molecular weight excluding hydrogens is 321 g/mol. The summed E-state index contributed by atoms with van der Waals surface area (Å²) in [5, 5.41) is 0. The van der Waals surface area contributed by atoms with Crippen LogP contribution in [-0.2, 0) is 5.41 Å². The molecule has 0 fully saturated rings. The van der Waals surface area contributed by atoms with Gasteiger partial charge in [-0.3, -0.25) is 0 Å². The second-order valence-electron chi connectivity index (χ2n) is 6.66. The van der Waals surface area contributed by atoms with Crippen molar-refractivity contribution in [2.24, 2.45) is 0 Å². The van der Waals surface area contributed by atoms with E-state index in [1.54, 1.807) is 4.56 Å². The van der Waals surface area contributed by atoms with E-state index in [-0.39, 0.29) is 5.41 Å². The van der Waals surface area contributed by atoms with Crippen molar-refractivity contribution in [2.45, 2.75) is 31.2 Å². The molecule has 2 unspecified atom stereocenters. The van der Waals surface area contributed by atoms with E-state index >= 15 is 0 Å². The molecule has 3 heterocycles. The van der Waals surface area contributed by atoms with E-state index in [1.165, 1.54) is 22.4 Å². The molecule has 1 aromatic heterocycles. The van der Waals surface area contributed by atoms with Gasteiger partial charge in [-0.2, -0.15) is 0 Å². The predicted molar refractivity (Wildman–Crippen MR) is 88.9 cm³/mol. The summed E-state index contributed by atoms with van der Waals surface area (Å²) < 4.78 is 1.58. The molecule has 3 aliphatic rings. The first-order chi connectivity index (χ1) is 10.2. The van der Waals surface area contributed by atoms with E-state index < -0.39 is 0 Å². The maximum atomic E-state index is 2.65. The second-order valence-corrected chi connectivity index (χ2v) is 8.54. The van der Waals surface area contributed by atoms with Gasteiger partial charge in [-0.25, -0.2) is 0 Å². The molecule has 0 saturated heterocycles. The number of nitrogens with zero attached hydrogens (tertiary/aromatic N) is 1. The van der Waals surface area contributed by atoms with Gasteiger partial charge in [0.05, 0.1) is 0 Å². The van der Waals surface area contributed by atoms with E-state index in [0.717, 1.165) is 0 Å². The Morgan fingerprint density at radius 3 is 2.81 bits per heavy atom. The molecule has 1 aromatic carbocycles. The number of fused-ring (bicyclic) bond motifs is 5. The summed E-state index contributed by atoms with van der Waals surface area (Å²) >= 11 is 0.474. The van der Waals surface area contributed by atoms with Crippen LogP contribution in [0, 0.1) is 0 Å². The van der Waals surface area contributed by atoms with Gasteiger partial charge >= 0.3 is 131 Å². The van der Waals surface area contributed by atoms with Crippen molar-refractivity contribution in [3.63, 3.8) is 0 Å². The fourth-order valence-electron chi connectivity index (χ4n) is 4.23. The number of rotatable bonds is 0. The van der Waals surface area contributed by atoms with Gasteiger partial charge in [0.15, 0.2) is 0 Å². The molecular formula is C19H17NSe. The molecule has 0 spiro atoms. The Kier molecular flexibility index (Phi) is 2.20. The van der Waals surface area contributed by atoms with E-state index in [2.05, 4.69) is 72.3 Å². The molecule has 1 nitrogen and oxygen atoms in total. The Hall–Kier alpha value is -1.50. The van der Waals surface area contributed by atoms with Gasteiger partial charge < -0.3 is 0 Å². The van der Waals surface area contributed by atoms with Crippen molar-refractivity contribution < 1.29 is 0 Å². The third-order valence-corrected chi connectivity index (χ3v) is 7.19. The topological polar surface area (TPSA) is 3.24 Å². The van der Waals surface area contributed by atoms with Gasteiger partial charge in [-0.15, -0.1) is 0 Å². The van der Waals surface area contributed by atoms with Crippen LogP contribution in [0.1, 0.15) is 36.5 Å². The first-order valence-corrected chi connectivity index (χ1v) is 9.40. The SMILES string of the molecule is CC1(C)c2cc[se]c2N2c3c(cccc31)C1C=CC=CC12. The first-order valence-electron chi connectivity index (χ1n) is 7.55. The summed E-state index contributed by atoms with van der Waals surface area (Å²) in [5.41, 5.74) is 6.18. The Morgan fingerprint density at radius 1 is 1.05 bits per heavy atom. The summed E-state index contributed by atoms with van der Waals surface area (Å²) in [5.74, 6) is 0.518. The predicted octanol–water partition coefficient (Wildman–Crippen LogP) is 4.11. The van der Waals surface area contributed by atoms with Crippen molar-refractivity contribution in [1.29, 1.82) is 0 Å². The minimum absolute atomic E-state index is 0.132. The molecule has 21 heavy (non-hydrogen) atoms. The Balaban J connectivity index is 1.89. The van der Waals surface area contributed by atoms with Crippen LogP contribution in [0.2, 0.25) is 0 Å². The molecule has 2 heteroatoms. The zero-order chi connectivity index (χ0) is 14.2. The summed E-state index contributed by atoms with van der Waals surface area (Å²) in [6.07, 6.45) is 9.17. The van der Waals surface area contributed by atoms with Crippen LogP contribution in [-0.4, -0.2) is 20.5 Å². The number of benzene rings is 1. The Labute approximate surface area is 131 Å². The standard InChI is InChI=1S/C19H17NSe/c1-19(2)14-8-5-7-13-12-6-3-4-9-16(12)20(17(13)14)18-15(19)10-11-21-18/h3-12,16H,1-2H3. The number of para-hydroxylation sites is 1. The minimum atomic E-state index is 0.132. The van der Waals surface area contributed by atoms with E-state index in [9.17, 15) is 0 Å². The van der Waals surface area contributed by atoms with Crippen LogP contribution in [0.4, 0.5) is 10.2 Å². The van der Waals surface area contributed by atoms with Gasteiger partial charge in [0, 0.05) is 0 Å². The fraction of sp³-hybridized carbons (Fsp3) is 0.263. The van der Waals surface area contributed by atoms with Gasteiger partial charge in [-0.1, -0.05) is 0 Å². The molecule has 0 saturated carbocycles. The van der Waals surface area contributed by atoms with E-state index in [4.69, 9.17) is 0 Å². The quantitative estimate of drug-likeness (QED) is 0.654. The number of allylic oxidation sites excluding steroid dienone is 2. The van der Waals surface area contributed by atoms with E-state index in [1.807, 2.05) is 0 Å². The monoisotopic (exact) mass is 339 g/mol. The Morgan fingerprint density at radius 2 is 1.90 bits per heavy atom. The van der Waals surface area contributed by atoms with Crippen LogP contribution in [0.5, 0.6) is 0 Å². The summed E-state index contributed by atoms with van der Waals surface area (Å²) in [6, 6.07) is 9.77. The molecule has 1 aliphatic carbocycles. The number of hydrogen-bond acceptors (Lipinski definition) is 1. The average Bonchev–Trinajstić information content (AvgIpc) is 3.08. The van der Waals surface area contributed by atoms with Crippen LogP contribution in [0.15, 0.2) is 53.5 Å². The molecule has 2 atom stereocenters. The normalized spacial score (nSPS) is 26.5. The molecule has 0 bridgehead atoms. The zero-order valence-electron chi connectivity index (χ0n) is 12.2. The Bertz CT molecular complexity index is 809. The maximum absolute atomic E-state index is 2.65. The average molecular weight is 338 g/mol. The van der Waals surface area contributed by atoms with Crippen LogP contribution < -0.4 is 4.90 Å². The zero-order valence-corrected chi connectivity index (χ0v) is 13.9. The number of hydrogen-bond donors (Lipinski definition) is 0. The third-order valence-electron chi connectivity index (χ3n) is 5.28. The van der Waals surface area contributed by atoms with Gasteiger partial charge in [-0.05, 0) is 0 Å². The van der Waals surface area contributed by atoms with Crippen LogP contribution >= 0.6 is 0 Å². The number of anilines is 2. The van der Waals surface area contributed by atoms with Crippen molar-refractivity contribution >= 4 is 24.8 Å². The van der Waals surface area contributed by atoms with Crippen molar-refractivity contribution in [2.75, 3.05) is 4.90 Å². The molecule has 104 valence electrons. The fourth-order valence-corrected chi connectivity index (χ4v) is 6.56. The van der Waals surface area contributed by atoms with Crippen molar-refractivity contribution in [1.82, 2.24) is 0 Å². The van der Waals surface area contributed by atoms with E-state index in [0.29, 0.717) is 26.5 Å². The molecule has 5 rings (SSSR count). The first kappa shape index (κ1) is 12.1. The molecule has 0 N–H and O–H groups in total. The summed E-state index contributed by atoms with van der Waals surface area (Å²) in [6.45, 7) is 4.77. The van der Waals surface area contributed by atoms with Crippen LogP contribution in [0.25, 0.3) is 0 Å². The summed E-state index contributed by atoms with van der Waals surface area (Å²) in [4.78, 5) is 5.04. The van der Waals surface area contributed by atoms with Crippen molar-refractivity contribution in [3.05, 3.63) is 70.2 Å². The van der Waals surface area contributed by atoms with Gasteiger partial charge in [0.25, 0.3) is 0 Å². The second kappa shape index (κ2) is 3.82. The third kappa shape index (κ3) is 1.33. The molecule has 2 aliphatic heterocycles. The summed E-state index contributed by atoms with van der Waals surface area (Å²) in [7, 11) is 0. The van der Waals surface area contributed by atoms with Gasteiger partial charge in [0.2, 0.25) is 0 Å². The van der Waals surface area contributed by atoms with Crippen molar-refractivity contribution in [3.8, 4) is 0 Å².